The van der Waals surface area contributed by atoms with Crippen molar-refractivity contribution >= 4 is 0 Å². The van der Waals surface area contributed by atoms with Crippen molar-refractivity contribution in [3.63, 3.8) is 0 Å². The average molecular weight is 352 g/mol. The van der Waals surface area contributed by atoms with E-state index in [2.05, 4.69) is 55.6 Å². The summed E-state index contributed by atoms with van der Waals surface area (Å²) >= 11 is 0. The van der Waals surface area contributed by atoms with Crippen molar-refractivity contribution in [3.05, 3.63) is 65.2 Å². The Morgan fingerprint density at radius 2 is 1.69 bits per heavy atom. The van der Waals surface area contributed by atoms with Gasteiger partial charge in [0.1, 0.15) is 5.75 Å². The molecule has 1 fully saturated rings. The fourth-order valence-electron chi connectivity index (χ4n) is 4.34. The topological polar surface area (TPSA) is 32.3 Å². The monoisotopic (exact) mass is 351 g/mol. The van der Waals surface area contributed by atoms with Gasteiger partial charge in [-0.15, -0.1) is 0 Å². The smallest absolute Gasteiger partial charge is 0.119 e. The summed E-state index contributed by atoms with van der Waals surface area (Å²) in [7, 11) is 0. The third-order valence-corrected chi connectivity index (χ3v) is 6.07. The van der Waals surface area contributed by atoms with Gasteiger partial charge in [0, 0.05) is 17.0 Å². The molecule has 140 valence electrons. The Labute approximate surface area is 158 Å². The van der Waals surface area contributed by atoms with E-state index in [4.69, 9.17) is 0 Å². The lowest BCUT2D eigenvalue weighted by Crippen LogP contribution is -2.34. The van der Waals surface area contributed by atoms with Crippen molar-refractivity contribution in [2.24, 2.45) is 0 Å². The predicted octanol–water partition coefficient (Wildman–Crippen LogP) is 5.71. The third kappa shape index (κ3) is 4.48. The van der Waals surface area contributed by atoms with Crippen molar-refractivity contribution in [1.82, 2.24) is 5.32 Å². The molecule has 26 heavy (non-hydrogen) atoms. The minimum absolute atomic E-state index is 0.199. The molecule has 0 heterocycles. The number of hydrogen-bond donors (Lipinski definition) is 2. The van der Waals surface area contributed by atoms with Gasteiger partial charge < -0.3 is 10.4 Å². The van der Waals surface area contributed by atoms with E-state index in [-0.39, 0.29) is 5.41 Å². The Bertz CT molecular complexity index is 689. The molecular formula is C24H33NO. The number of hydrogen-bond acceptors (Lipinski definition) is 2. The van der Waals surface area contributed by atoms with E-state index >= 15 is 0 Å². The number of aromatic hydroxyl groups is 1. The Kier molecular flexibility index (Phi) is 6.37. The van der Waals surface area contributed by atoms with Gasteiger partial charge in [-0.05, 0) is 44.4 Å². The molecule has 2 heteroatoms. The molecule has 1 aliphatic carbocycles. The first-order chi connectivity index (χ1) is 12.6. The number of benzene rings is 2. The normalized spacial score (nSPS) is 18.2. The highest BCUT2D eigenvalue weighted by Gasteiger charge is 2.31. The summed E-state index contributed by atoms with van der Waals surface area (Å²) in [6.45, 7) is 5.34. The van der Waals surface area contributed by atoms with E-state index in [0.717, 1.165) is 18.5 Å². The largest absolute Gasteiger partial charge is 0.508 e. The van der Waals surface area contributed by atoms with Crippen LogP contribution < -0.4 is 5.32 Å². The van der Waals surface area contributed by atoms with E-state index in [1.54, 1.807) is 0 Å². The fourth-order valence-corrected chi connectivity index (χ4v) is 4.34. The maximum atomic E-state index is 10.6. The van der Waals surface area contributed by atoms with Gasteiger partial charge in [0.25, 0.3) is 0 Å². The minimum atomic E-state index is -0.199. The SMILES string of the molecule is Cc1ccc(O)c(C(C)(CCNC2CCCCCC2)c2ccccc2)c1. The minimum Gasteiger partial charge on any atom is -0.508 e. The standard InChI is InChI=1S/C24H33NO/c1-19-14-15-23(26)22(18-19)24(2,20-10-6-5-7-11-20)16-17-25-21-12-8-3-4-9-13-21/h5-7,10-11,14-15,18,21,25-26H,3-4,8-9,12-13,16-17H2,1-2H3. The molecule has 1 saturated carbocycles. The van der Waals surface area contributed by atoms with Crippen LogP contribution in [0, 0.1) is 6.92 Å². The van der Waals surface area contributed by atoms with Gasteiger partial charge in [-0.3, -0.25) is 0 Å². The summed E-state index contributed by atoms with van der Waals surface area (Å²) in [5, 5.41) is 14.4. The first kappa shape index (κ1) is 19.0. The quantitative estimate of drug-likeness (QED) is 0.653. The summed E-state index contributed by atoms with van der Waals surface area (Å²) in [5.41, 5.74) is 3.29. The molecule has 0 saturated heterocycles. The number of phenols is 1. The van der Waals surface area contributed by atoms with Gasteiger partial charge in [-0.2, -0.15) is 0 Å². The van der Waals surface area contributed by atoms with E-state index in [9.17, 15) is 5.11 Å². The molecule has 1 unspecified atom stereocenters. The maximum absolute atomic E-state index is 10.6. The molecule has 2 aromatic carbocycles. The molecule has 0 spiro atoms. The highest BCUT2D eigenvalue weighted by molar-refractivity contribution is 5.47. The lowest BCUT2D eigenvalue weighted by Gasteiger charge is -2.33. The first-order valence-corrected chi connectivity index (χ1v) is 10.2. The zero-order chi connectivity index (χ0) is 18.4. The van der Waals surface area contributed by atoms with Crippen molar-refractivity contribution in [1.29, 1.82) is 0 Å². The summed E-state index contributed by atoms with van der Waals surface area (Å²) in [6, 6.07) is 17.2. The van der Waals surface area contributed by atoms with Crippen LogP contribution in [0.2, 0.25) is 0 Å². The van der Waals surface area contributed by atoms with Gasteiger partial charge >= 0.3 is 0 Å². The predicted molar refractivity (Wildman–Crippen MR) is 110 cm³/mol. The van der Waals surface area contributed by atoms with Gasteiger partial charge in [0.2, 0.25) is 0 Å². The number of aryl methyl sites for hydroxylation is 1. The van der Waals surface area contributed by atoms with Crippen LogP contribution in [0.3, 0.4) is 0 Å². The molecule has 2 nitrogen and oxygen atoms in total. The molecule has 0 amide bonds. The van der Waals surface area contributed by atoms with Crippen LogP contribution >= 0.6 is 0 Å². The summed E-state index contributed by atoms with van der Waals surface area (Å²) in [5.74, 6) is 0.399. The zero-order valence-electron chi connectivity index (χ0n) is 16.3. The van der Waals surface area contributed by atoms with Crippen LogP contribution in [-0.2, 0) is 5.41 Å². The zero-order valence-corrected chi connectivity index (χ0v) is 16.3. The van der Waals surface area contributed by atoms with Gasteiger partial charge in [0.05, 0.1) is 0 Å². The van der Waals surface area contributed by atoms with Crippen molar-refractivity contribution in [3.8, 4) is 5.75 Å². The van der Waals surface area contributed by atoms with Crippen LogP contribution in [-0.4, -0.2) is 17.7 Å². The van der Waals surface area contributed by atoms with Crippen molar-refractivity contribution in [2.45, 2.75) is 70.3 Å². The molecule has 0 aliphatic heterocycles. The molecule has 2 aromatic rings. The second kappa shape index (κ2) is 8.73. The van der Waals surface area contributed by atoms with E-state index < -0.39 is 0 Å². The maximum Gasteiger partial charge on any atom is 0.119 e. The molecular weight excluding hydrogens is 318 g/mol. The van der Waals surface area contributed by atoms with Gasteiger partial charge in [-0.25, -0.2) is 0 Å². The second-order valence-electron chi connectivity index (χ2n) is 8.11. The Morgan fingerprint density at radius 1 is 1.00 bits per heavy atom. The molecule has 0 radical (unpaired) electrons. The third-order valence-electron chi connectivity index (χ3n) is 6.07. The Balaban J connectivity index is 1.81. The lowest BCUT2D eigenvalue weighted by atomic mass is 9.73. The molecule has 1 atom stereocenters. The van der Waals surface area contributed by atoms with Crippen LogP contribution in [0.25, 0.3) is 0 Å². The number of nitrogens with one attached hydrogen (secondary N) is 1. The second-order valence-corrected chi connectivity index (χ2v) is 8.11. The lowest BCUT2D eigenvalue weighted by molar-refractivity contribution is 0.401. The van der Waals surface area contributed by atoms with E-state index in [1.807, 2.05) is 12.1 Å². The van der Waals surface area contributed by atoms with Gasteiger partial charge in [0.15, 0.2) is 0 Å². The fraction of sp³-hybridized carbons (Fsp3) is 0.500. The summed E-state index contributed by atoms with van der Waals surface area (Å²) in [4.78, 5) is 0. The molecule has 0 aromatic heterocycles. The summed E-state index contributed by atoms with van der Waals surface area (Å²) < 4.78 is 0. The average Bonchev–Trinajstić information content (AvgIpc) is 2.93. The van der Waals surface area contributed by atoms with Crippen LogP contribution in [0.1, 0.15) is 68.6 Å². The van der Waals surface area contributed by atoms with Crippen LogP contribution in [0.15, 0.2) is 48.5 Å². The Morgan fingerprint density at radius 3 is 2.38 bits per heavy atom. The number of rotatable bonds is 6. The van der Waals surface area contributed by atoms with Gasteiger partial charge in [-0.1, -0.05) is 80.6 Å². The van der Waals surface area contributed by atoms with Crippen LogP contribution in [0.5, 0.6) is 5.75 Å². The Hall–Kier alpha value is -1.80. The molecule has 1 aliphatic rings. The first-order valence-electron chi connectivity index (χ1n) is 10.2. The van der Waals surface area contributed by atoms with Crippen molar-refractivity contribution in [2.75, 3.05) is 6.54 Å². The number of phenolic OH excluding ortho intramolecular Hbond substituents is 1. The molecule has 3 rings (SSSR count). The van der Waals surface area contributed by atoms with Crippen molar-refractivity contribution < 1.29 is 5.11 Å². The summed E-state index contributed by atoms with van der Waals surface area (Å²) in [6.07, 6.45) is 9.06. The molecule has 0 bridgehead atoms. The van der Waals surface area contributed by atoms with E-state index in [0.29, 0.717) is 11.8 Å². The highest BCUT2D eigenvalue weighted by atomic mass is 16.3. The van der Waals surface area contributed by atoms with Crippen LogP contribution in [0.4, 0.5) is 0 Å². The van der Waals surface area contributed by atoms with E-state index in [1.165, 1.54) is 49.7 Å². The molecule has 2 N–H and O–H groups in total. The highest BCUT2D eigenvalue weighted by Crippen LogP contribution is 2.40.